The third-order valence-electron chi connectivity index (χ3n) is 7.47. The highest BCUT2D eigenvalue weighted by molar-refractivity contribution is 7.08. The van der Waals surface area contributed by atoms with E-state index in [0.717, 1.165) is 22.5 Å². The van der Waals surface area contributed by atoms with Crippen LogP contribution in [0.15, 0.2) is 119 Å². The molecule has 2 nitrogen and oxygen atoms in total. The molecule has 2 aromatic heterocycles. The molecule has 0 aliphatic rings. The average Bonchev–Trinajstić information content (AvgIpc) is 3.71. The highest BCUT2D eigenvalue weighted by Crippen LogP contribution is 2.43. The molecule has 38 heavy (non-hydrogen) atoms. The molecule has 0 atom stereocenters. The Morgan fingerprint density at radius 1 is 0.447 bits per heavy atom. The summed E-state index contributed by atoms with van der Waals surface area (Å²) < 4.78 is 0. The number of hydrogen-bond acceptors (Lipinski definition) is 4. The van der Waals surface area contributed by atoms with Crippen LogP contribution in [0.25, 0.3) is 77.1 Å². The molecule has 0 saturated carbocycles. The average molecular weight is 521 g/mol. The third kappa shape index (κ3) is 3.38. The molecule has 178 valence electrons. The Morgan fingerprint density at radius 2 is 0.895 bits per heavy atom. The minimum absolute atomic E-state index is 1.03. The van der Waals surface area contributed by atoms with Gasteiger partial charge < -0.3 is 0 Å². The molecule has 0 spiro atoms. The Bertz CT molecular complexity index is 1920. The van der Waals surface area contributed by atoms with Crippen LogP contribution in [0.5, 0.6) is 0 Å². The van der Waals surface area contributed by atoms with Crippen molar-refractivity contribution in [3.63, 3.8) is 0 Å². The van der Waals surface area contributed by atoms with Crippen LogP contribution in [0.1, 0.15) is 0 Å². The van der Waals surface area contributed by atoms with Crippen LogP contribution in [0.4, 0.5) is 0 Å². The van der Waals surface area contributed by atoms with E-state index in [2.05, 4.69) is 118 Å². The minimum Gasteiger partial charge on any atom is -0.245 e. The standard InChI is InChI=1S/C34H20N2S2/c1-3-23(15-25(5-1)31-17-37-19-35-31)27-11-7-21-10-14-30-28(12-8-22-9-13-29(27)33(21)34(22)30)24-4-2-6-26(16-24)32-18-38-20-36-32/h1-20H. The number of thiazole rings is 2. The molecule has 0 aliphatic carbocycles. The van der Waals surface area contributed by atoms with Crippen molar-refractivity contribution in [2.24, 2.45) is 0 Å². The third-order valence-corrected chi connectivity index (χ3v) is 8.64. The van der Waals surface area contributed by atoms with Gasteiger partial charge in [0, 0.05) is 21.9 Å². The summed E-state index contributed by atoms with van der Waals surface area (Å²) in [6.45, 7) is 0. The van der Waals surface area contributed by atoms with Crippen LogP contribution in [0.3, 0.4) is 0 Å². The van der Waals surface area contributed by atoms with Crippen molar-refractivity contribution in [2.75, 3.05) is 0 Å². The van der Waals surface area contributed by atoms with Gasteiger partial charge in [0.1, 0.15) is 0 Å². The molecular formula is C34H20N2S2. The second kappa shape index (κ2) is 8.59. The first-order valence-electron chi connectivity index (χ1n) is 12.5. The van der Waals surface area contributed by atoms with Crippen LogP contribution in [-0.2, 0) is 0 Å². The van der Waals surface area contributed by atoms with Gasteiger partial charge in [0.2, 0.25) is 0 Å². The van der Waals surface area contributed by atoms with Gasteiger partial charge >= 0.3 is 0 Å². The van der Waals surface area contributed by atoms with Crippen molar-refractivity contribution in [3.8, 4) is 44.8 Å². The van der Waals surface area contributed by atoms with E-state index in [9.17, 15) is 0 Å². The quantitative estimate of drug-likeness (QED) is 0.216. The molecule has 0 fully saturated rings. The number of nitrogens with zero attached hydrogens (tertiary/aromatic N) is 2. The molecule has 2 heterocycles. The fraction of sp³-hybridized carbons (Fsp3) is 0. The normalized spacial score (nSPS) is 11.7. The van der Waals surface area contributed by atoms with Crippen LogP contribution in [-0.4, -0.2) is 9.97 Å². The van der Waals surface area contributed by atoms with Gasteiger partial charge in [-0.05, 0) is 66.7 Å². The highest BCUT2D eigenvalue weighted by atomic mass is 32.1. The van der Waals surface area contributed by atoms with Crippen LogP contribution >= 0.6 is 22.7 Å². The Kier molecular flexibility index (Phi) is 4.90. The van der Waals surface area contributed by atoms with Gasteiger partial charge in [0.05, 0.1) is 22.4 Å². The van der Waals surface area contributed by atoms with Crippen LogP contribution < -0.4 is 0 Å². The number of hydrogen-bond donors (Lipinski definition) is 0. The van der Waals surface area contributed by atoms with Crippen molar-refractivity contribution in [3.05, 3.63) is 119 Å². The Balaban J connectivity index is 1.36. The second-order valence-electron chi connectivity index (χ2n) is 9.56. The number of benzene rings is 6. The molecule has 0 N–H and O–H groups in total. The second-order valence-corrected chi connectivity index (χ2v) is 11.0. The van der Waals surface area contributed by atoms with Gasteiger partial charge in [-0.1, -0.05) is 84.9 Å². The Morgan fingerprint density at radius 3 is 1.34 bits per heavy atom. The first kappa shape index (κ1) is 21.7. The highest BCUT2D eigenvalue weighted by Gasteiger charge is 2.15. The molecule has 0 bridgehead atoms. The summed E-state index contributed by atoms with van der Waals surface area (Å²) >= 11 is 3.26. The number of aromatic nitrogens is 2. The maximum Gasteiger partial charge on any atom is 0.0811 e. The van der Waals surface area contributed by atoms with Gasteiger partial charge in [-0.2, -0.15) is 0 Å². The summed E-state index contributed by atoms with van der Waals surface area (Å²) in [5.74, 6) is 0. The van der Waals surface area contributed by atoms with Crippen molar-refractivity contribution in [1.29, 1.82) is 0 Å². The maximum absolute atomic E-state index is 4.53. The Hall–Kier alpha value is -4.38. The van der Waals surface area contributed by atoms with E-state index < -0.39 is 0 Å². The molecule has 0 aliphatic heterocycles. The van der Waals surface area contributed by atoms with Gasteiger partial charge in [-0.3, -0.25) is 0 Å². The molecule has 0 saturated heterocycles. The number of rotatable bonds is 4. The largest absolute Gasteiger partial charge is 0.245 e. The monoisotopic (exact) mass is 520 g/mol. The van der Waals surface area contributed by atoms with Crippen molar-refractivity contribution < 1.29 is 0 Å². The van der Waals surface area contributed by atoms with Crippen LogP contribution in [0.2, 0.25) is 0 Å². The Labute approximate surface area is 227 Å². The SMILES string of the molecule is c1cc(-c2cscn2)cc(-c2ccc3ccc4c(-c5cccc(-c6cscn6)c5)ccc5ccc2c3c54)c1. The van der Waals surface area contributed by atoms with E-state index in [0.29, 0.717) is 0 Å². The molecule has 0 unspecified atom stereocenters. The lowest BCUT2D eigenvalue weighted by atomic mass is 9.87. The summed E-state index contributed by atoms with van der Waals surface area (Å²) in [7, 11) is 0. The molecule has 0 radical (unpaired) electrons. The van der Waals surface area contributed by atoms with E-state index >= 15 is 0 Å². The molecule has 8 aromatic rings. The van der Waals surface area contributed by atoms with Crippen molar-refractivity contribution >= 4 is 55.0 Å². The van der Waals surface area contributed by atoms with E-state index in [1.54, 1.807) is 22.7 Å². The summed E-state index contributed by atoms with van der Waals surface area (Å²) in [5.41, 5.74) is 13.1. The minimum atomic E-state index is 1.03. The van der Waals surface area contributed by atoms with Gasteiger partial charge in [0.15, 0.2) is 0 Å². The summed E-state index contributed by atoms with van der Waals surface area (Å²) in [4.78, 5) is 9.05. The zero-order chi connectivity index (χ0) is 25.1. The molecule has 4 heteroatoms. The lowest BCUT2D eigenvalue weighted by Gasteiger charge is -2.17. The van der Waals surface area contributed by atoms with E-state index in [1.165, 1.54) is 54.6 Å². The van der Waals surface area contributed by atoms with Gasteiger partial charge in [-0.25, -0.2) is 9.97 Å². The molecule has 6 aromatic carbocycles. The lowest BCUT2D eigenvalue weighted by molar-refractivity contribution is 1.41. The smallest absolute Gasteiger partial charge is 0.0811 e. The summed E-state index contributed by atoms with van der Waals surface area (Å²) in [6, 6.07) is 35.7. The van der Waals surface area contributed by atoms with E-state index in [4.69, 9.17) is 0 Å². The van der Waals surface area contributed by atoms with Gasteiger partial charge in [-0.15, -0.1) is 22.7 Å². The first-order valence-corrected chi connectivity index (χ1v) is 14.4. The van der Waals surface area contributed by atoms with Crippen LogP contribution in [0, 0.1) is 0 Å². The summed E-state index contributed by atoms with van der Waals surface area (Å²) in [6.07, 6.45) is 0. The topological polar surface area (TPSA) is 25.8 Å². The van der Waals surface area contributed by atoms with Crippen molar-refractivity contribution in [1.82, 2.24) is 9.97 Å². The fourth-order valence-corrected chi connectivity index (χ4v) is 6.83. The zero-order valence-electron chi connectivity index (χ0n) is 20.3. The summed E-state index contributed by atoms with van der Waals surface area (Å²) in [5, 5.41) is 12.0. The van der Waals surface area contributed by atoms with E-state index in [-0.39, 0.29) is 0 Å². The predicted molar refractivity (Wildman–Crippen MR) is 163 cm³/mol. The maximum atomic E-state index is 4.53. The molecule has 8 rings (SSSR count). The van der Waals surface area contributed by atoms with Crippen molar-refractivity contribution in [2.45, 2.75) is 0 Å². The molecular weight excluding hydrogens is 501 g/mol. The van der Waals surface area contributed by atoms with Gasteiger partial charge in [0.25, 0.3) is 0 Å². The lowest BCUT2D eigenvalue weighted by Crippen LogP contribution is -1.90. The predicted octanol–water partition coefficient (Wildman–Crippen LogP) is 10.2. The first-order chi connectivity index (χ1) is 18.8. The molecule has 0 amide bonds. The zero-order valence-corrected chi connectivity index (χ0v) is 21.9. The fourth-order valence-electron chi connectivity index (χ4n) is 5.71. The van der Waals surface area contributed by atoms with E-state index in [1.807, 2.05) is 11.0 Å².